The van der Waals surface area contributed by atoms with Crippen molar-refractivity contribution in [3.8, 4) is 0 Å². The van der Waals surface area contributed by atoms with Crippen LogP contribution in [0, 0.1) is 0 Å². The molecule has 1 aliphatic heterocycles. The van der Waals surface area contributed by atoms with E-state index in [1.807, 2.05) is 6.08 Å². The minimum absolute atomic E-state index is 0.212. The molecule has 1 aliphatic rings. The highest BCUT2D eigenvalue weighted by atomic mass is 28.4. The van der Waals surface area contributed by atoms with Gasteiger partial charge in [-0.1, -0.05) is 66.7 Å². The van der Waals surface area contributed by atoms with Gasteiger partial charge in [0.25, 0.3) is 8.32 Å². The Morgan fingerprint density at radius 1 is 1.00 bits per heavy atom. The molecule has 2 heteroatoms. The monoisotopic (exact) mass is 294 g/mol. The Labute approximate surface area is 128 Å². The van der Waals surface area contributed by atoms with Crippen molar-refractivity contribution in [1.29, 1.82) is 0 Å². The first-order valence-electron chi connectivity index (χ1n) is 7.63. The highest BCUT2D eigenvalue weighted by molar-refractivity contribution is 6.97. The minimum Gasteiger partial charge on any atom is -0.399 e. The van der Waals surface area contributed by atoms with E-state index in [4.69, 9.17) is 4.43 Å². The maximum Gasteiger partial charge on any atom is 0.256 e. The van der Waals surface area contributed by atoms with Crippen molar-refractivity contribution in [2.24, 2.45) is 0 Å². The van der Waals surface area contributed by atoms with Crippen molar-refractivity contribution in [2.75, 3.05) is 0 Å². The van der Waals surface area contributed by atoms with Crippen molar-refractivity contribution in [2.45, 2.75) is 31.4 Å². The van der Waals surface area contributed by atoms with Crippen LogP contribution in [0.1, 0.15) is 19.8 Å². The van der Waals surface area contributed by atoms with Crippen LogP contribution < -0.4 is 10.4 Å². The van der Waals surface area contributed by atoms with Gasteiger partial charge in [0.1, 0.15) is 0 Å². The quantitative estimate of drug-likeness (QED) is 0.622. The molecule has 21 heavy (non-hydrogen) atoms. The van der Waals surface area contributed by atoms with E-state index in [0.717, 1.165) is 12.5 Å². The Morgan fingerprint density at radius 2 is 1.52 bits per heavy atom. The fraction of sp³-hybridized carbons (Fsp3) is 0.263. The highest BCUT2D eigenvalue weighted by Gasteiger charge is 2.47. The normalized spacial score (nSPS) is 24.4. The molecule has 0 amide bonds. The SMILES string of the molecule is C=CC1(C)CCC[Si](c2ccccc2)(c2ccccc2)O1. The second kappa shape index (κ2) is 5.62. The van der Waals surface area contributed by atoms with E-state index in [1.165, 1.54) is 16.8 Å². The van der Waals surface area contributed by atoms with Crippen LogP contribution in [0.4, 0.5) is 0 Å². The number of hydrogen-bond acceptors (Lipinski definition) is 1. The van der Waals surface area contributed by atoms with Gasteiger partial charge in [0.05, 0.1) is 5.60 Å². The standard InChI is InChI=1S/C19H22OSi/c1-3-19(2)15-10-16-21(20-19,17-11-6-4-7-12-17)18-13-8-5-9-14-18/h3-9,11-14H,1,10,15-16H2,2H3. The van der Waals surface area contributed by atoms with E-state index in [1.54, 1.807) is 0 Å². The summed E-state index contributed by atoms with van der Waals surface area (Å²) in [5, 5.41) is 2.73. The molecule has 1 atom stereocenters. The topological polar surface area (TPSA) is 9.23 Å². The molecule has 0 N–H and O–H groups in total. The second-order valence-electron chi connectivity index (χ2n) is 6.03. The summed E-state index contributed by atoms with van der Waals surface area (Å²) in [5.41, 5.74) is -0.212. The van der Waals surface area contributed by atoms with Crippen molar-refractivity contribution in [3.05, 3.63) is 73.3 Å². The molecule has 1 heterocycles. The van der Waals surface area contributed by atoms with Gasteiger partial charge in [0.15, 0.2) is 0 Å². The molecule has 0 radical (unpaired) electrons. The predicted octanol–water partition coefficient (Wildman–Crippen LogP) is 3.50. The number of hydrogen-bond donors (Lipinski definition) is 0. The van der Waals surface area contributed by atoms with E-state index >= 15 is 0 Å². The second-order valence-corrected chi connectivity index (χ2v) is 9.54. The van der Waals surface area contributed by atoms with Gasteiger partial charge in [0.2, 0.25) is 0 Å². The summed E-state index contributed by atoms with van der Waals surface area (Å²) in [6.45, 7) is 6.18. The molecule has 0 bridgehead atoms. The highest BCUT2D eigenvalue weighted by Crippen LogP contribution is 2.34. The van der Waals surface area contributed by atoms with Crippen LogP contribution in [-0.4, -0.2) is 13.9 Å². The van der Waals surface area contributed by atoms with Crippen molar-refractivity contribution >= 4 is 18.7 Å². The number of rotatable bonds is 3. The van der Waals surface area contributed by atoms with Crippen LogP contribution in [-0.2, 0) is 4.43 Å². The van der Waals surface area contributed by atoms with E-state index in [2.05, 4.69) is 74.2 Å². The summed E-state index contributed by atoms with van der Waals surface area (Å²) >= 11 is 0. The molecular weight excluding hydrogens is 272 g/mol. The lowest BCUT2D eigenvalue weighted by atomic mass is 10.0. The summed E-state index contributed by atoms with van der Waals surface area (Å²) < 4.78 is 6.80. The lowest BCUT2D eigenvalue weighted by Gasteiger charge is -2.45. The Morgan fingerprint density at radius 3 is 2.00 bits per heavy atom. The molecule has 0 aromatic heterocycles. The van der Waals surface area contributed by atoms with E-state index in [9.17, 15) is 0 Å². The molecule has 1 nitrogen and oxygen atoms in total. The number of benzene rings is 2. The molecule has 0 saturated carbocycles. The first kappa shape index (κ1) is 14.3. The van der Waals surface area contributed by atoms with Gasteiger partial charge < -0.3 is 4.43 Å². The summed E-state index contributed by atoms with van der Waals surface area (Å²) in [6.07, 6.45) is 4.24. The Hall–Kier alpha value is -1.64. The molecule has 2 aromatic rings. The van der Waals surface area contributed by atoms with Crippen LogP contribution >= 0.6 is 0 Å². The Balaban J connectivity index is 2.14. The first-order valence-corrected chi connectivity index (χ1v) is 9.75. The summed E-state index contributed by atoms with van der Waals surface area (Å²) in [7, 11) is -2.16. The summed E-state index contributed by atoms with van der Waals surface area (Å²) in [4.78, 5) is 0. The van der Waals surface area contributed by atoms with Gasteiger partial charge in [0, 0.05) is 0 Å². The third-order valence-electron chi connectivity index (χ3n) is 4.52. The van der Waals surface area contributed by atoms with E-state index in [-0.39, 0.29) is 5.60 Å². The lowest BCUT2D eigenvalue weighted by molar-refractivity contribution is 0.107. The first-order chi connectivity index (χ1) is 10.2. The third-order valence-corrected chi connectivity index (χ3v) is 8.93. The van der Waals surface area contributed by atoms with Crippen LogP contribution in [0.2, 0.25) is 6.04 Å². The maximum absolute atomic E-state index is 6.80. The third kappa shape index (κ3) is 2.61. The molecule has 0 spiro atoms. The molecule has 2 aromatic carbocycles. The van der Waals surface area contributed by atoms with Crippen LogP contribution in [0.25, 0.3) is 0 Å². The molecule has 3 rings (SSSR count). The van der Waals surface area contributed by atoms with E-state index < -0.39 is 8.32 Å². The van der Waals surface area contributed by atoms with Crippen LogP contribution in [0.3, 0.4) is 0 Å². The smallest absolute Gasteiger partial charge is 0.256 e. The molecule has 1 saturated heterocycles. The van der Waals surface area contributed by atoms with Crippen molar-refractivity contribution < 1.29 is 4.43 Å². The van der Waals surface area contributed by atoms with Crippen LogP contribution in [0.15, 0.2) is 73.3 Å². The van der Waals surface area contributed by atoms with Crippen molar-refractivity contribution in [1.82, 2.24) is 0 Å². The van der Waals surface area contributed by atoms with Crippen molar-refractivity contribution in [3.63, 3.8) is 0 Å². The average Bonchev–Trinajstić information content (AvgIpc) is 2.56. The fourth-order valence-electron chi connectivity index (χ4n) is 3.32. The molecule has 1 fully saturated rings. The molecular formula is C19H22OSi. The summed E-state index contributed by atoms with van der Waals surface area (Å²) in [6, 6.07) is 22.7. The Kier molecular flexibility index (Phi) is 3.83. The van der Waals surface area contributed by atoms with Gasteiger partial charge >= 0.3 is 0 Å². The molecule has 0 aliphatic carbocycles. The van der Waals surface area contributed by atoms with Crippen LogP contribution in [0.5, 0.6) is 0 Å². The van der Waals surface area contributed by atoms with E-state index in [0.29, 0.717) is 0 Å². The van der Waals surface area contributed by atoms with Gasteiger partial charge in [-0.3, -0.25) is 0 Å². The molecule has 108 valence electrons. The zero-order chi connectivity index (χ0) is 14.8. The fourth-order valence-corrected chi connectivity index (χ4v) is 7.69. The zero-order valence-electron chi connectivity index (χ0n) is 12.6. The van der Waals surface area contributed by atoms with Gasteiger partial charge in [-0.25, -0.2) is 0 Å². The lowest BCUT2D eigenvalue weighted by Crippen LogP contribution is -2.65. The Bertz CT molecular complexity index is 568. The van der Waals surface area contributed by atoms with Gasteiger partial charge in [-0.05, 0) is 36.2 Å². The maximum atomic E-state index is 6.80. The minimum atomic E-state index is -2.16. The van der Waals surface area contributed by atoms with Gasteiger partial charge in [-0.15, -0.1) is 6.58 Å². The predicted molar refractivity (Wildman–Crippen MR) is 91.6 cm³/mol. The largest absolute Gasteiger partial charge is 0.399 e. The summed E-state index contributed by atoms with van der Waals surface area (Å²) in [5.74, 6) is 0. The molecule has 1 unspecified atom stereocenters. The average molecular weight is 294 g/mol. The zero-order valence-corrected chi connectivity index (χ0v) is 13.6. The van der Waals surface area contributed by atoms with Gasteiger partial charge in [-0.2, -0.15) is 0 Å².